The molecule has 3 saturated heterocycles. The van der Waals surface area contributed by atoms with Crippen LogP contribution < -0.4 is 5.32 Å². The minimum Gasteiger partial charge on any atom is -0.460 e. The highest BCUT2D eigenvalue weighted by atomic mass is 16.8. The van der Waals surface area contributed by atoms with Gasteiger partial charge in [-0.1, -0.05) is 54.6 Å². The lowest BCUT2D eigenvalue weighted by molar-refractivity contribution is -0.235. The highest BCUT2D eigenvalue weighted by molar-refractivity contribution is 5.96. The number of carbonyl (C=O) groups excluding carboxylic acids is 5. The number of carbonyl (C=O) groups is 5. The molecule has 3 aliphatic heterocycles. The number of likely N-dealkylation sites (N-methyl/N-ethyl adjacent to an activating group) is 2. The van der Waals surface area contributed by atoms with Gasteiger partial charge < -0.3 is 39.2 Å². The molecule has 2 N–H and O–H groups in total. The Morgan fingerprint density at radius 2 is 1.63 bits per heavy atom. The molecule has 3 heterocycles. The number of hydrogen-bond acceptors (Lipinski definition) is 12. The van der Waals surface area contributed by atoms with Gasteiger partial charge in [0.1, 0.15) is 41.5 Å². The Balaban J connectivity index is 1.14. The first-order chi connectivity index (χ1) is 29.5. The molecule has 15 nitrogen and oxygen atoms in total. The molecule has 0 spiro atoms. The first-order valence-electron chi connectivity index (χ1n) is 22.0. The maximum absolute atomic E-state index is 15.8. The predicted octanol–water partition coefficient (Wildman–Crippen LogP) is 3.56. The van der Waals surface area contributed by atoms with Crippen LogP contribution in [0.5, 0.6) is 0 Å². The first-order valence-corrected chi connectivity index (χ1v) is 22.0. The third kappa shape index (κ3) is 8.54. The number of aliphatic hydroxyl groups is 1. The fourth-order valence-corrected chi connectivity index (χ4v) is 9.87. The van der Waals surface area contributed by atoms with Crippen LogP contribution in [0.1, 0.15) is 82.4 Å². The van der Waals surface area contributed by atoms with Gasteiger partial charge in [0.25, 0.3) is 0 Å². The minimum absolute atomic E-state index is 0.0389. The third-order valence-electron chi connectivity index (χ3n) is 13.2. The number of rotatable bonds is 16. The number of ether oxygens (including phenoxy) is 4. The van der Waals surface area contributed by atoms with E-state index in [1.54, 1.807) is 48.0 Å². The van der Waals surface area contributed by atoms with Crippen molar-refractivity contribution in [3.63, 3.8) is 0 Å². The molecule has 2 aromatic carbocycles. The fraction of sp³-hybridized carbons (Fsp3) is 0.596. The average molecular weight is 857 g/mol. The smallest absolute Gasteiger partial charge is 0.327 e. The van der Waals surface area contributed by atoms with Gasteiger partial charge in [-0.05, 0) is 75.6 Å². The summed E-state index contributed by atoms with van der Waals surface area (Å²) in [5.74, 6) is -2.78. The van der Waals surface area contributed by atoms with Crippen LogP contribution in [0.3, 0.4) is 0 Å². The molecule has 3 amide bonds. The van der Waals surface area contributed by atoms with Crippen molar-refractivity contribution in [3.8, 4) is 0 Å². The molecule has 3 saturated carbocycles. The van der Waals surface area contributed by atoms with Crippen LogP contribution in [-0.4, -0.2) is 131 Å². The fourth-order valence-electron chi connectivity index (χ4n) is 9.87. The molecule has 0 radical (unpaired) electrons. The molecule has 2 aromatic rings. The van der Waals surface area contributed by atoms with Crippen LogP contribution in [0.25, 0.3) is 6.08 Å². The molecule has 8 atom stereocenters. The second-order valence-corrected chi connectivity index (χ2v) is 19.1. The summed E-state index contributed by atoms with van der Waals surface area (Å²) in [5.41, 5.74) is 0.00290. The topological polar surface area (TPSA) is 173 Å². The van der Waals surface area contributed by atoms with Crippen molar-refractivity contribution in [2.24, 2.45) is 17.3 Å². The second kappa shape index (κ2) is 17.1. The largest absolute Gasteiger partial charge is 0.460 e. The van der Waals surface area contributed by atoms with E-state index in [4.69, 9.17) is 23.8 Å². The SMILES string of the molecule is CN(C)C(=O)C=Cc1ccccc1CN1OC2C3OC(C4CC4)(C4CC4)OC3C3CC2(C(=O)N(C)C(Cc2ccccc2)C(=O)NC(CO)CCC(=O)OC(C)(C)C)C1C(=O)O3. The zero-order valence-electron chi connectivity index (χ0n) is 36.5. The Labute approximate surface area is 362 Å². The van der Waals surface area contributed by atoms with Crippen LogP contribution in [0.2, 0.25) is 0 Å². The van der Waals surface area contributed by atoms with E-state index in [0.29, 0.717) is 0 Å². The van der Waals surface area contributed by atoms with Gasteiger partial charge in [-0.3, -0.25) is 28.8 Å². The van der Waals surface area contributed by atoms with Gasteiger partial charge in [0.05, 0.1) is 19.2 Å². The van der Waals surface area contributed by atoms with Gasteiger partial charge in [-0.25, -0.2) is 0 Å². The van der Waals surface area contributed by atoms with Crippen molar-refractivity contribution in [2.45, 2.75) is 133 Å². The second-order valence-electron chi connectivity index (χ2n) is 19.1. The van der Waals surface area contributed by atoms with E-state index in [9.17, 15) is 24.3 Å². The number of aliphatic hydroxyl groups excluding tert-OH is 1. The number of amides is 3. The Hall–Kier alpha value is -4.67. The molecule has 8 unspecified atom stereocenters. The summed E-state index contributed by atoms with van der Waals surface area (Å²) in [6.45, 7) is 4.92. The lowest BCUT2D eigenvalue weighted by atomic mass is 9.62. The number of fused-ring (bicyclic) bond motifs is 4. The van der Waals surface area contributed by atoms with Crippen molar-refractivity contribution in [2.75, 3.05) is 27.7 Å². The quantitative estimate of drug-likeness (QED) is 0.186. The summed E-state index contributed by atoms with van der Waals surface area (Å²) in [6.07, 6.45) is 4.08. The molecule has 62 heavy (non-hydrogen) atoms. The Morgan fingerprint density at radius 3 is 2.27 bits per heavy atom. The summed E-state index contributed by atoms with van der Waals surface area (Å²) < 4.78 is 25.7. The van der Waals surface area contributed by atoms with Gasteiger partial charge in [-0.15, -0.1) is 0 Å². The molecule has 0 aromatic heterocycles. The highest BCUT2D eigenvalue weighted by Gasteiger charge is 2.78. The van der Waals surface area contributed by atoms with Crippen molar-refractivity contribution in [3.05, 3.63) is 77.4 Å². The van der Waals surface area contributed by atoms with Crippen molar-refractivity contribution in [1.29, 1.82) is 0 Å². The highest BCUT2D eigenvalue weighted by Crippen LogP contribution is 2.64. The van der Waals surface area contributed by atoms with Gasteiger partial charge in [0, 0.05) is 58.3 Å². The van der Waals surface area contributed by atoms with Crippen LogP contribution in [0.15, 0.2) is 60.7 Å². The average Bonchev–Trinajstić information content (AvgIpc) is 4.19. The minimum atomic E-state index is -1.56. The maximum Gasteiger partial charge on any atom is 0.327 e. The van der Waals surface area contributed by atoms with E-state index in [1.165, 1.54) is 20.9 Å². The van der Waals surface area contributed by atoms with E-state index < -0.39 is 89.7 Å². The number of esters is 2. The summed E-state index contributed by atoms with van der Waals surface area (Å²) in [5, 5.41) is 14.8. The number of hydrogen-bond donors (Lipinski definition) is 2. The van der Waals surface area contributed by atoms with Crippen LogP contribution in [0, 0.1) is 17.3 Å². The lowest BCUT2D eigenvalue weighted by Crippen LogP contribution is -2.70. The summed E-state index contributed by atoms with van der Waals surface area (Å²) >= 11 is 0. The van der Waals surface area contributed by atoms with Crippen molar-refractivity contribution in [1.82, 2.24) is 20.2 Å². The van der Waals surface area contributed by atoms with E-state index in [2.05, 4.69) is 5.32 Å². The molecule has 2 bridgehead atoms. The number of nitrogens with zero attached hydrogens (tertiary/aromatic N) is 3. The van der Waals surface area contributed by atoms with Gasteiger partial charge >= 0.3 is 11.9 Å². The number of benzene rings is 2. The zero-order chi connectivity index (χ0) is 44.1. The predicted molar refractivity (Wildman–Crippen MR) is 224 cm³/mol. The zero-order valence-corrected chi connectivity index (χ0v) is 36.5. The van der Waals surface area contributed by atoms with Crippen molar-refractivity contribution >= 4 is 35.7 Å². The molecule has 8 rings (SSSR count). The molecule has 6 fully saturated rings. The van der Waals surface area contributed by atoms with Gasteiger partial charge in [-0.2, -0.15) is 5.06 Å². The maximum atomic E-state index is 15.8. The number of nitrogens with one attached hydrogen (secondary N) is 1. The summed E-state index contributed by atoms with van der Waals surface area (Å²) in [7, 11) is 4.90. The molecular weight excluding hydrogens is 797 g/mol. The molecular formula is C47H60N4O11. The summed E-state index contributed by atoms with van der Waals surface area (Å²) in [6, 6.07) is 13.6. The third-order valence-corrected chi connectivity index (χ3v) is 13.2. The van der Waals surface area contributed by atoms with E-state index >= 15 is 4.79 Å². The Kier molecular flexibility index (Phi) is 12.1. The first kappa shape index (κ1) is 44.0. The number of hydroxylamine groups is 2. The molecule has 15 heteroatoms. The van der Waals surface area contributed by atoms with Gasteiger partial charge in [0.15, 0.2) is 11.8 Å². The van der Waals surface area contributed by atoms with Crippen LogP contribution in [-0.2, 0) is 60.7 Å². The standard InChI is InChI=1S/C47H60N4O11/c1-45(2,3)59-37(54)23-21-33(27-52)48-42(55)34(24-28-12-8-7-9-13-28)50(6)44(57)46-25-35-38-39(61-47(60-38,31-17-18-31)32-19-20-32)41(46)62-51(40(46)43(56)58-35)26-30-15-11-10-14-29(30)16-22-36(53)49(4)5/h7-16,22,31-35,38-41,52H,17-21,23-27H2,1-6H3,(H,48,55). The molecule has 334 valence electrons. The molecule has 6 aliphatic rings. The van der Waals surface area contributed by atoms with E-state index in [1.807, 2.05) is 54.6 Å². The molecule has 3 aliphatic carbocycles. The summed E-state index contributed by atoms with van der Waals surface area (Å²) in [4.78, 5) is 79.8. The lowest BCUT2D eigenvalue weighted by Gasteiger charge is -2.50. The van der Waals surface area contributed by atoms with Crippen LogP contribution >= 0.6 is 0 Å². The van der Waals surface area contributed by atoms with E-state index in [0.717, 1.165) is 42.4 Å². The van der Waals surface area contributed by atoms with Gasteiger partial charge in [0.2, 0.25) is 17.7 Å². The Bertz CT molecular complexity index is 2050. The van der Waals surface area contributed by atoms with E-state index in [-0.39, 0.29) is 50.0 Å². The normalized spacial score (nSPS) is 28.4. The monoisotopic (exact) mass is 856 g/mol. The van der Waals surface area contributed by atoms with Crippen LogP contribution in [0.4, 0.5) is 0 Å². The van der Waals surface area contributed by atoms with Crippen molar-refractivity contribution < 1.29 is 52.9 Å². The Morgan fingerprint density at radius 1 is 0.968 bits per heavy atom.